The van der Waals surface area contributed by atoms with E-state index >= 15 is 0 Å². The van der Waals surface area contributed by atoms with Gasteiger partial charge in [0.25, 0.3) is 5.91 Å². The summed E-state index contributed by atoms with van der Waals surface area (Å²) in [5, 5.41) is 8.79. The third-order valence-corrected chi connectivity index (χ3v) is 3.62. The molecule has 1 aromatic rings. The Morgan fingerprint density at radius 1 is 1.32 bits per heavy atom. The van der Waals surface area contributed by atoms with Crippen LogP contribution in [0, 0.1) is 0 Å². The van der Waals surface area contributed by atoms with E-state index in [1.807, 2.05) is 0 Å². The van der Waals surface area contributed by atoms with Gasteiger partial charge in [0.2, 0.25) is 0 Å². The largest absolute Gasteiger partial charge is 0.481 e. The van der Waals surface area contributed by atoms with Crippen LogP contribution >= 0.6 is 0 Å². The molecule has 2 saturated heterocycles. The Morgan fingerprint density at radius 2 is 2.00 bits per heavy atom. The van der Waals surface area contributed by atoms with Crippen molar-refractivity contribution in [3.8, 4) is 0 Å². The zero-order chi connectivity index (χ0) is 13.4. The van der Waals surface area contributed by atoms with Crippen molar-refractivity contribution in [1.29, 1.82) is 0 Å². The van der Waals surface area contributed by atoms with E-state index < -0.39 is 5.97 Å². The molecule has 2 unspecified atom stereocenters. The maximum Gasteiger partial charge on any atom is 0.311 e. The second kappa shape index (κ2) is 4.70. The summed E-state index contributed by atoms with van der Waals surface area (Å²) in [7, 11) is 0. The Hall–Kier alpha value is -1.82. The van der Waals surface area contributed by atoms with E-state index in [1.165, 1.54) is 12.3 Å². The maximum atomic E-state index is 12.4. The molecule has 1 aromatic heterocycles. The van der Waals surface area contributed by atoms with Crippen LogP contribution in [0.15, 0.2) is 16.7 Å². The van der Waals surface area contributed by atoms with Crippen molar-refractivity contribution >= 4 is 11.9 Å². The van der Waals surface area contributed by atoms with E-state index in [1.54, 1.807) is 4.90 Å². The number of furan rings is 1. The van der Waals surface area contributed by atoms with Crippen molar-refractivity contribution in [2.45, 2.75) is 31.5 Å². The monoisotopic (exact) mass is 265 g/mol. The van der Waals surface area contributed by atoms with Crippen LogP contribution in [0.5, 0.6) is 0 Å². The summed E-state index contributed by atoms with van der Waals surface area (Å²) in [6, 6.07) is 1.54. The lowest BCUT2D eigenvalue weighted by Crippen LogP contribution is -2.45. The molecule has 1 N–H and O–H groups in total. The minimum absolute atomic E-state index is 0.123. The zero-order valence-corrected chi connectivity index (χ0v) is 10.4. The first-order valence-electron chi connectivity index (χ1n) is 6.36. The molecule has 2 aliphatic heterocycles. The molecule has 0 saturated carbocycles. The van der Waals surface area contributed by atoms with Crippen LogP contribution in [0.3, 0.4) is 0 Å². The molecular weight excluding hydrogens is 250 g/mol. The van der Waals surface area contributed by atoms with Gasteiger partial charge >= 0.3 is 5.97 Å². The van der Waals surface area contributed by atoms with Gasteiger partial charge in [-0.3, -0.25) is 9.59 Å². The number of aliphatic carboxylic acids is 1. The van der Waals surface area contributed by atoms with Gasteiger partial charge in [-0.05, 0) is 18.9 Å². The molecule has 2 bridgehead atoms. The number of carbonyl (C=O) groups excluding carboxylic acids is 1. The summed E-state index contributed by atoms with van der Waals surface area (Å²) in [5.41, 5.74) is 0.351. The highest BCUT2D eigenvalue weighted by Gasteiger charge is 2.36. The number of amides is 1. The van der Waals surface area contributed by atoms with Gasteiger partial charge < -0.3 is 19.2 Å². The lowest BCUT2D eigenvalue weighted by Gasteiger charge is -2.32. The van der Waals surface area contributed by atoms with Crippen LogP contribution < -0.4 is 0 Å². The van der Waals surface area contributed by atoms with Gasteiger partial charge in [0.1, 0.15) is 12.2 Å². The predicted octanol–water partition coefficient (Wildman–Crippen LogP) is 0.910. The van der Waals surface area contributed by atoms with Crippen LogP contribution in [0.2, 0.25) is 0 Å². The summed E-state index contributed by atoms with van der Waals surface area (Å²) < 4.78 is 10.8. The van der Waals surface area contributed by atoms with Crippen LogP contribution in [-0.4, -0.2) is 47.2 Å². The Bertz CT molecular complexity index is 497. The number of carboxylic acid groups (broad SMARTS) is 1. The minimum Gasteiger partial charge on any atom is -0.481 e. The first-order chi connectivity index (χ1) is 9.13. The Balaban J connectivity index is 1.77. The molecule has 2 atom stereocenters. The highest BCUT2D eigenvalue weighted by Crippen LogP contribution is 2.27. The SMILES string of the molecule is O=C(O)Cc1occc1C(=O)N1CC2CCC(C1)O2. The molecule has 3 heterocycles. The molecule has 3 rings (SSSR count). The predicted molar refractivity (Wildman–Crippen MR) is 63.8 cm³/mol. The molecule has 2 fully saturated rings. The molecule has 0 spiro atoms. The molecule has 102 valence electrons. The molecule has 6 nitrogen and oxygen atoms in total. The molecule has 0 aromatic carbocycles. The maximum absolute atomic E-state index is 12.4. The van der Waals surface area contributed by atoms with Crippen LogP contribution in [0.25, 0.3) is 0 Å². The smallest absolute Gasteiger partial charge is 0.311 e. The minimum atomic E-state index is -1.01. The average molecular weight is 265 g/mol. The molecule has 0 aliphatic carbocycles. The van der Waals surface area contributed by atoms with Gasteiger partial charge in [0, 0.05) is 13.1 Å². The van der Waals surface area contributed by atoms with E-state index in [0.29, 0.717) is 18.7 Å². The first-order valence-corrected chi connectivity index (χ1v) is 6.36. The van der Waals surface area contributed by atoms with Crippen LogP contribution in [0.1, 0.15) is 29.0 Å². The zero-order valence-electron chi connectivity index (χ0n) is 10.4. The van der Waals surface area contributed by atoms with Crippen molar-refractivity contribution in [3.05, 3.63) is 23.7 Å². The van der Waals surface area contributed by atoms with Gasteiger partial charge in [-0.1, -0.05) is 0 Å². The fraction of sp³-hybridized carbons (Fsp3) is 0.538. The van der Waals surface area contributed by atoms with E-state index in [0.717, 1.165) is 12.8 Å². The first kappa shape index (κ1) is 12.2. The van der Waals surface area contributed by atoms with Gasteiger partial charge in [-0.2, -0.15) is 0 Å². The van der Waals surface area contributed by atoms with Crippen molar-refractivity contribution in [1.82, 2.24) is 4.90 Å². The number of rotatable bonds is 3. The number of ether oxygens (including phenoxy) is 1. The summed E-state index contributed by atoms with van der Waals surface area (Å²) >= 11 is 0. The average Bonchev–Trinajstić information content (AvgIpc) is 2.94. The molecule has 0 radical (unpaired) electrons. The molecular formula is C13H15NO5. The highest BCUT2D eigenvalue weighted by molar-refractivity contribution is 5.96. The highest BCUT2D eigenvalue weighted by atomic mass is 16.5. The number of likely N-dealkylation sites (tertiary alicyclic amines) is 1. The van der Waals surface area contributed by atoms with Crippen molar-refractivity contribution < 1.29 is 23.8 Å². The number of carboxylic acids is 1. The summed E-state index contributed by atoms with van der Waals surface area (Å²) in [5.74, 6) is -0.951. The van der Waals surface area contributed by atoms with Gasteiger partial charge in [0.05, 0.1) is 24.0 Å². The second-order valence-electron chi connectivity index (χ2n) is 5.00. The number of nitrogens with zero attached hydrogens (tertiary/aromatic N) is 1. The quantitative estimate of drug-likeness (QED) is 0.878. The fourth-order valence-corrected chi connectivity index (χ4v) is 2.76. The summed E-state index contributed by atoms with van der Waals surface area (Å²) in [4.78, 5) is 24.9. The van der Waals surface area contributed by atoms with Crippen LogP contribution in [-0.2, 0) is 16.0 Å². The normalized spacial score (nSPS) is 25.6. The number of carbonyl (C=O) groups is 2. The summed E-state index contributed by atoms with van der Waals surface area (Å²) in [6.07, 6.45) is 3.31. The summed E-state index contributed by atoms with van der Waals surface area (Å²) in [6.45, 7) is 1.15. The third-order valence-electron chi connectivity index (χ3n) is 3.62. The van der Waals surface area contributed by atoms with Crippen molar-refractivity contribution in [2.24, 2.45) is 0 Å². The van der Waals surface area contributed by atoms with Gasteiger partial charge in [-0.15, -0.1) is 0 Å². The third kappa shape index (κ3) is 2.35. The molecule has 1 amide bonds. The molecule has 19 heavy (non-hydrogen) atoms. The van der Waals surface area contributed by atoms with Crippen molar-refractivity contribution in [3.63, 3.8) is 0 Å². The number of hydrogen-bond donors (Lipinski definition) is 1. The number of morpholine rings is 1. The van der Waals surface area contributed by atoms with E-state index in [9.17, 15) is 9.59 Å². The Morgan fingerprint density at radius 3 is 2.63 bits per heavy atom. The van der Waals surface area contributed by atoms with E-state index in [2.05, 4.69) is 0 Å². The topological polar surface area (TPSA) is 80.0 Å². The standard InChI is InChI=1S/C13H15NO5/c15-12(16)5-11-10(3-4-18-11)13(17)14-6-8-1-2-9(7-14)19-8/h3-4,8-9H,1-2,5-7H2,(H,15,16). The second-order valence-corrected chi connectivity index (χ2v) is 5.00. The lowest BCUT2D eigenvalue weighted by molar-refractivity contribution is -0.136. The van der Waals surface area contributed by atoms with E-state index in [-0.39, 0.29) is 30.3 Å². The number of fused-ring (bicyclic) bond motifs is 2. The number of hydrogen-bond acceptors (Lipinski definition) is 4. The molecule has 2 aliphatic rings. The van der Waals surface area contributed by atoms with Crippen molar-refractivity contribution in [2.75, 3.05) is 13.1 Å². The van der Waals surface area contributed by atoms with E-state index in [4.69, 9.17) is 14.3 Å². The lowest BCUT2D eigenvalue weighted by atomic mass is 10.1. The molecule has 6 heteroatoms. The van der Waals surface area contributed by atoms with Crippen LogP contribution in [0.4, 0.5) is 0 Å². The fourth-order valence-electron chi connectivity index (χ4n) is 2.76. The van der Waals surface area contributed by atoms with Gasteiger partial charge in [0.15, 0.2) is 0 Å². The Labute approximate surface area is 109 Å². The van der Waals surface area contributed by atoms with Gasteiger partial charge in [-0.25, -0.2) is 0 Å². The Kier molecular flexibility index (Phi) is 3.02.